The van der Waals surface area contributed by atoms with Gasteiger partial charge in [-0.05, 0) is 30.3 Å². The highest BCUT2D eigenvalue weighted by atomic mass is 32.2. The highest BCUT2D eigenvalue weighted by molar-refractivity contribution is 7.92. The monoisotopic (exact) mass is 504 g/mol. The minimum Gasteiger partial charge on any atom is -0.276 e. The van der Waals surface area contributed by atoms with Crippen molar-refractivity contribution >= 4 is 27.0 Å². The minimum atomic E-state index is -4.75. The van der Waals surface area contributed by atoms with E-state index >= 15 is 4.39 Å². The maximum absolute atomic E-state index is 15.6. The summed E-state index contributed by atoms with van der Waals surface area (Å²) in [4.78, 5) is 12.2. The lowest BCUT2D eigenvalue weighted by atomic mass is 9.98. The molecule has 0 amide bonds. The van der Waals surface area contributed by atoms with Crippen LogP contribution in [-0.4, -0.2) is 23.4 Å². The molecule has 0 radical (unpaired) electrons. The van der Waals surface area contributed by atoms with Gasteiger partial charge in [0.2, 0.25) is 0 Å². The molecule has 0 atom stereocenters. The summed E-state index contributed by atoms with van der Waals surface area (Å²) in [5.41, 5.74) is -0.0161. The van der Waals surface area contributed by atoms with Gasteiger partial charge in [0.1, 0.15) is 18.0 Å². The maximum atomic E-state index is 15.6. The molecular formula is C23H19F3N4O2S2. The fourth-order valence-electron chi connectivity index (χ4n) is 3.15. The van der Waals surface area contributed by atoms with Gasteiger partial charge in [0, 0.05) is 17.2 Å². The van der Waals surface area contributed by atoms with Gasteiger partial charge in [-0.15, -0.1) is 11.3 Å². The molecule has 0 unspecified atom stereocenters. The Kier molecular flexibility index (Phi) is 6.17. The Morgan fingerprint density at radius 3 is 2.26 bits per heavy atom. The number of nitrogens with zero attached hydrogens (tertiary/aromatic N) is 3. The second-order valence-electron chi connectivity index (χ2n) is 8.36. The molecule has 0 bridgehead atoms. The summed E-state index contributed by atoms with van der Waals surface area (Å²) in [6.07, 6.45) is 2.91. The van der Waals surface area contributed by atoms with Gasteiger partial charge in [-0.25, -0.2) is 36.5 Å². The van der Waals surface area contributed by atoms with Crippen molar-refractivity contribution in [3.05, 3.63) is 77.4 Å². The lowest BCUT2D eigenvalue weighted by Gasteiger charge is -2.14. The second kappa shape index (κ2) is 8.80. The van der Waals surface area contributed by atoms with Crippen molar-refractivity contribution in [2.45, 2.75) is 31.1 Å². The second-order valence-corrected chi connectivity index (χ2v) is 11.0. The first kappa shape index (κ1) is 23.8. The van der Waals surface area contributed by atoms with Crippen molar-refractivity contribution in [2.24, 2.45) is 0 Å². The highest BCUT2D eigenvalue weighted by Gasteiger charge is 2.28. The van der Waals surface area contributed by atoms with Crippen molar-refractivity contribution in [3.63, 3.8) is 0 Å². The molecule has 1 N–H and O–H groups in total. The minimum absolute atomic E-state index is 0.00886. The van der Waals surface area contributed by atoms with E-state index in [-0.39, 0.29) is 16.7 Å². The number of thiazole rings is 1. The normalized spacial score (nSPS) is 12.1. The zero-order chi connectivity index (χ0) is 24.7. The number of anilines is 1. The number of hydrogen-bond donors (Lipinski definition) is 1. The van der Waals surface area contributed by atoms with Crippen LogP contribution in [0, 0.1) is 17.5 Å². The van der Waals surface area contributed by atoms with Crippen LogP contribution in [0.15, 0.2) is 59.9 Å². The molecule has 6 nitrogen and oxygen atoms in total. The number of nitrogens with one attached hydrogen (secondary N) is 1. The summed E-state index contributed by atoms with van der Waals surface area (Å²) in [7, 11) is -4.75. The van der Waals surface area contributed by atoms with E-state index in [1.807, 2.05) is 25.5 Å². The molecule has 0 saturated heterocycles. The van der Waals surface area contributed by atoms with Crippen LogP contribution in [-0.2, 0) is 15.4 Å². The Bertz CT molecular complexity index is 1450. The van der Waals surface area contributed by atoms with Gasteiger partial charge in [0.25, 0.3) is 10.0 Å². The van der Waals surface area contributed by atoms with Crippen molar-refractivity contribution in [2.75, 3.05) is 4.72 Å². The van der Waals surface area contributed by atoms with E-state index in [0.29, 0.717) is 10.6 Å². The average Bonchev–Trinajstić information content (AvgIpc) is 3.21. The van der Waals surface area contributed by atoms with E-state index in [1.54, 1.807) is 12.3 Å². The number of benzene rings is 2. The van der Waals surface area contributed by atoms with Crippen LogP contribution in [0.2, 0.25) is 0 Å². The Labute approximate surface area is 198 Å². The largest absolute Gasteiger partial charge is 0.276 e. The molecule has 2 heterocycles. The molecule has 0 saturated carbocycles. The topological polar surface area (TPSA) is 84.8 Å². The molecule has 0 aliphatic heterocycles. The van der Waals surface area contributed by atoms with Crippen LogP contribution in [0.25, 0.3) is 21.8 Å². The Morgan fingerprint density at radius 2 is 1.65 bits per heavy atom. The highest BCUT2D eigenvalue weighted by Crippen LogP contribution is 2.41. The smallest absolute Gasteiger partial charge is 0.267 e. The summed E-state index contributed by atoms with van der Waals surface area (Å²) in [5, 5.41) is 0.718. The maximum Gasteiger partial charge on any atom is 0.267 e. The van der Waals surface area contributed by atoms with E-state index in [0.717, 1.165) is 29.3 Å². The zero-order valence-electron chi connectivity index (χ0n) is 18.3. The summed E-state index contributed by atoms with van der Waals surface area (Å²) in [6, 6.07) is 8.35. The fraction of sp³-hybridized carbons (Fsp3) is 0.174. The molecule has 34 heavy (non-hydrogen) atoms. The van der Waals surface area contributed by atoms with Crippen molar-refractivity contribution in [1.82, 2.24) is 15.0 Å². The lowest BCUT2D eigenvalue weighted by Crippen LogP contribution is -2.17. The van der Waals surface area contributed by atoms with Gasteiger partial charge in [0.05, 0.1) is 27.0 Å². The van der Waals surface area contributed by atoms with Crippen LogP contribution < -0.4 is 4.72 Å². The first-order valence-electron chi connectivity index (χ1n) is 10.0. The number of aromatic nitrogens is 3. The Balaban J connectivity index is 1.84. The number of rotatable bonds is 5. The molecule has 0 aliphatic carbocycles. The van der Waals surface area contributed by atoms with Crippen LogP contribution in [0.5, 0.6) is 0 Å². The zero-order valence-corrected chi connectivity index (χ0v) is 19.9. The average molecular weight is 505 g/mol. The molecule has 0 spiro atoms. The van der Waals surface area contributed by atoms with Gasteiger partial charge in [0.15, 0.2) is 10.7 Å². The fourth-order valence-corrected chi connectivity index (χ4v) is 5.46. The third kappa shape index (κ3) is 4.53. The van der Waals surface area contributed by atoms with E-state index < -0.39 is 38.1 Å². The van der Waals surface area contributed by atoms with Gasteiger partial charge < -0.3 is 0 Å². The summed E-state index contributed by atoms with van der Waals surface area (Å²) >= 11 is 1.34. The number of halogens is 3. The third-order valence-corrected chi connectivity index (χ3v) is 7.69. The lowest BCUT2D eigenvalue weighted by molar-refractivity contribution is 0.521. The van der Waals surface area contributed by atoms with E-state index in [9.17, 15) is 17.2 Å². The molecule has 0 aliphatic rings. The Morgan fingerprint density at radius 1 is 0.971 bits per heavy atom. The molecule has 4 rings (SSSR count). The van der Waals surface area contributed by atoms with E-state index in [2.05, 4.69) is 15.0 Å². The van der Waals surface area contributed by atoms with Gasteiger partial charge in [-0.2, -0.15) is 0 Å². The summed E-state index contributed by atoms with van der Waals surface area (Å²) < 4.78 is 71.1. The molecule has 4 aromatic rings. The van der Waals surface area contributed by atoms with Crippen molar-refractivity contribution in [3.8, 4) is 21.8 Å². The van der Waals surface area contributed by atoms with Crippen LogP contribution in [0.1, 0.15) is 25.8 Å². The first-order valence-corrected chi connectivity index (χ1v) is 12.3. The number of sulfonamides is 1. The number of hydrogen-bond acceptors (Lipinski definition) is 6. The predicted octanol–water partition coefficient (Wildman–Crippen LogP) is 5.78. The van der Waals surface area contributed by atoms with Crippen LogP contribution in [0.3, 0.4) is 0 Å². The molecular weight excluding hydrogens is 485 g/mol. The van der Waals surface area contributed by atoms with E-state index in [4.69, 9.17) is 0 Å². The molecule has 11 heteroatoms. The van der Waals surface area contributed by atoms with Crippen LogP contribution in [0.4, 0.5) is 18.9 Å². The standard InChI is InChI=1S/C23H19F3N4O2S2/c1-23(2,3)22-29-19(20(33-22)17-10-11-27-12-28-17)13-6-4-9-16(18(13)26)30-34(31,32)21-14(24)7-5-8-15(21)25/h4-12,30H,1-3H3. The Hall–Kier alpha value is -3.31. The van der Waals surface area contributed by atoms with Crippen molar-refractivity contribution in [1.29, 1.82) is 0 Å². The summed E-state index contributed by atoms with van der Waals surface area (Å²) in [5.74, 6) is -3.52. The van der Waals surface area contributed by atoms with Gasteiger partial charge in [-0.3, -0.25) is 4.72 Å². The molecule has 176 valence electrons. The van der Waals surface area contributed by atoms with Gasteiger partial charge >= 0.3 is 0 Å². The molecule has 0 fully saturated rings. The first-order chi connectivity index (χ1) is 16.0. The quantitative estimate of drug-likeness (QED) is 0.372. The van der Waals surface area contributed by atoms with Crippen molar-refractivity contribution < 1.29 is 21.6 Å². The van der Waals surface area contributed by atoms with E-state index in [1.165, 1.54) is 29.8 Å². The van der Waals surface area contributed by atoms with Crippen LogP contribution >= 0.6 is 11.3 Å². The molecule has 2 aromatic heterocycles. The summed E-state index contributed by atoms with van der Waals surface area (Å²) in [6.45, 7) is 5.88. The SMILES string of the molecule is CC(C)(C)c1nc(-c2cccc(NS(=O)(=O)c3c(F)cccc3F)c2F)c(-c2ccncn2)s1. The van der Waals surface area contributed by atoms with Gasteiger partial charge in [-0.1, -0.05) is 32.9 Å². The predicted molar refractivity (Wildman–Crippen MR) is 124 cm³/mol. The third-order valence-electron chi connectivity index (χ3n) is 4.77. The molecule has 2 aromatic carbocycles.